The van der Waals surface area contributed by atoms with Gasteiger partial charge in [0.2, 0.25) is 0 Å². The number of benzene rings is 1. The van der Waals surface area contributed by atoms with Gasteiger partial charge in [0.1, 0.15) is 0 Å². The first-order valence-corrected chi connectivity index (χ1v) is 10.7. The van der Waals surface area contributed by atoms with Gasteiger partial charge in [-0.25, -0.2) is 0 Å². The Balaban J connectivity index is 1.52. The van der Waals surface area contributed by atoms with Crippen molar-refractivity contribution in [3.63, 3.8) is 0 Å². The highest BCUT2D eigenvalue weighted by atomic mass is 32.1. The highest BCUT2D eigenvalue weighted by molar-refractivity contribution is 7.10. The van der Waals surface area contributed by atoms with E-state index in [4.69, 9.17) is 0 Å². The molecule has 0 aliphatic carbocycles. The van der Waals surface area contributed by atoms with Gasteiger partial charge in [-0.2, -0.15) is 0 Å². The second-order valence-corrected chi connectivity index (χ2v) is 8.98. The highest BCUT2D eigenvalue weighted by Gasteiger charge is 2.39. The van der Waals surface area contributed by atoms with Gasteiger partial charge in [-0.15, -0.1) is 22.7 Å². The van der Waals surface area contributed by atoms with Crippen molar-refractivity contribution in [3.05, 3.63) is 73.6 Å². The van der Waals surface area contributed by atoms with Crippen LogP contribution in [0.25, 0.3) is 0 Å². The summed E-state index contributed by atoms with van der Waals surface area (Å²) in [6.45, 7) is 3.24. The predicted molar refractivity (Wildman–Crippen MR) is 109 cm³/mol. The molecule has 5 rings (SSSR count). The Labute approximate surface area is 165 Å². The second kappa shape index (κ2) is 6.41. The summed E-state index contributed by atoms with van der Waals surface area (Å²) in [4.78, 5) is 31.8. The van der Waals surface area contributed by atoms with Gasteiger partial charge >= 0.3 is 5.91 Å². The quantitative estimate of drug-likeness (QED) is 0.624. The van der Waals surface area contributed by atoms with Gasteiger partial charge in [0.15, 0.2) is 0 Å². The van der Waals surface area contributed by atoms with E-state index in [0.29, 0.717) is 12.2 Å². The van der Waals surface area contributed by atoms with Crippen molar-refractivity contribution >= 4 is 40.1 Å². The van der Waals surface area contributed by atoms with Gasteiger partial charge < -0.3 is 0 Å². The first kappa shape index (κ1) is 16.9. The van der Waals surface area contributed by atoms with Crippen molar-refractivity contribution in [1.29, 1.82) is 0 Å². The zero-order chi connectivity index (χ0) is 18.5. The standard InChI is InChI=1S/C21H18N2O2S2/c1-13-4-5-16-15(11-13)20(24)21(25)23(16)12-22-8-6-17-14(7-10-27-17)19(22)18-3-2-9-26-18/h2-5,7,9-11,19H,6,8,12H2,1H3. The number of hydrogen-bond acceptors (Lipinski definition) is 5. The monoisotopic (exact) mass is 394 g/mol. The number of amides is 1. The second-order valence-electron chi connectivity index (χ2n) is 7.00. The molecular weight excluding hydrogens is 376 g/mol. The van der Waals surface area contributed by atoms with Crippen LogP contribution < -0.4 is 4.90 Å². The van der Waals surface area contributed by atoms with E-state index >= 15 is 0 Å². The number of thiophene rings is 2. The Hall–Kier alpha value is -2.28. The molecule has 1 unspecified atom stereocenters. The minimum atomic E-state index is -0.420. The number of aryl methyl sites for hydroxylation is 1. The van der Waals surface area contributed by atoms with Crippen LogP contribution in [0.5, 0.6) is 0 Å². The van der Waals surface area contributed by atoms with E-state index in [0.717, 1.165) is 24.2 Å². The van der Waals surface area contributed by atoms with Crippen LogP contribution in [-0.4, -0.2) is 29.8 Å². The van der Waals surface area contributed by atoms with E-state index in [1.54, 1.807) is 27.6 Å². The minimum absolute atomic E-state index is 0.136. The smallest absolute Gasteiger partial charge is 0.291 e. The van der Waals surface area contributed by atoms with Crippen LogP contribution in [0.4, 0.5) is 5.69 Å². The Kier molecular flexibility index (Phi) is 4.00. The lowest BCUT2D eigenvalue weighted by atomic mass is 9.99. The molecule has 0 radical (unpaired) electrons. The van der Waals surface area contributed by atoms with Crippen molar-refractivity contribution in [1.82, 2.24) is 4.90 Å². The van der Waals surface area contributed by atoms with Gasteiger partial charge in [0, 0.05) is 16.3 Å². The maximum Gasteiger partial charge on any atom is 0.300 e. The lowest BCUT2D eigenvalue weighted by Crippen LogP contribution is -2.45. The molecule has 3 aromatic rings. The molecule has 27 heavy (non-hydrogen) atoms. The van der Waals surface area contributed by atoms with Crippen molar-refractivity contribution in [2.45, 2.75) is 19.4 Å². The number of ketones is 1. The van der Waals surface area contributed by atoms with Gasteiger partial charge in [-0.1, -0.05) is 17.7 Å². The molecule has 2 aliphatic rings. The van der Waals surface area contributed by atoms with Gasteiger partial charge in [-0.3, -0.25) is 19.4 Å². The van der Waals surface area contributed by atoms with E-state index in [1.807, 2.05) is 25.1 Å². The summed E-state index contributed by atoms with van der Waals surface area (Å²) in [5.74, 6) is -0.814. The summed E-state index contributed by atoms with van der Waals surface area (Å²) in [7, 11) is 0. The Bertz CT molecular complexity index is 1040. The average molecular weight is 395 g/mol. The molecule has 1 aromatic carbocycles. The summed E-state index contributed by atoms with van der Waals surface area (Å²) >= 11 is 3.55. The summed E-state index contributed by atoms with van der Waals surface area (Å²) in [6.07, 6.45) is 0.978. The molecule has 0 bridgehead atoms. The minimum Gasteiger partial charge on any atom is -0.291 e. The fourth-order valence-electron chi connectivity index (χ4n) is 4.04. The predicted octanol–water partition coefficient (Wildman–Crippen LogP) is 4.25. The maximum atomic E-state index is 12.7. The third kappa shape index (κ3) is 2.67. The van der Waals surface area contributed by atoms with Crippen molar-refractivity contribution < 1.29 is 9.59 Å². The average Bonchev–Trinajstić information content (AvgIpc) is 3.39. The molecule has 4 heterocycles. The summed E-state index contributed by atoms with van der Waals surface area (Å²) in [5.41, 5.74) is 3.59. The molecule has 6 heteroatoms. The zero-order valence-electron chi connectivity index (χ0n) is 14.8. The van der Waals surface area contributed by atoms with E-state index in [1.165, 1.54) is 15.3 Å². The number of Topliss-reactive ketones (excluding diaryl/α,β-unsaturated/α-hetero) is 1. The first-order chi connectivity index (χ1) is 13.1. The third-order valence-electron chi connectivity index (χ3n) is 5.33. The molecule has 0 N–H and O–H groups in total. The molecule has 1 atom stereocenters. The number of rotatable bonds is 3. The SMILES string of the molecule is Cc1ccc2c(c1)C(=O)C(=O)N2CN1CCc2sccc2C1c1cccs1. The van der Waals surface area contributed by atoms with Crippen molar-refractivity contribution in [2.75, 3.05) is 18.1 Å². The van der Waals surface area contributed by atoms with Crippen LogP contribution in [0.15, 0.2) is 47.2 Å². The fourth-order valence-corrected chi connectivity index (χ4v) is 5.82. The lowest BCUT2D eigenvalue weighted by molar-refractivity contribution is -0.114. The lowest BCUT2D eigenvalue weighted by Gasteiger charge is -2.37. The molecule has 0 fully saturated rings. The Morgan fingerprint density at radius 1 is 1.11 bits per heavy atom. The molecule has 0 spiro atoms. The van der Waals surface area contributed by atoms with Crippen molar-refractivity contribution in [3.8, 4) is 0 Å². The largest absolute Gasteiger partial charge is 0.300 e. The Morgan fingerprint density at radius 3 is 2.81 bits per heavy atom. The fraction of sp³-hybridized carbons (Fsp3) is 0.238. The molecule has 2 aliphatic heterocycles. The van der Waals surface area contributed by atoms with Gasteiger partial charge in [-0.05, 0) is 53.9 Å². The molecular formula is C21H18N2O2S2. The maximum absolute atomic E-state index is 12.7. The van der Waals surface area contributed by atoms with E-state index in [9.17, 15) is 9.59 Å². The van der Waals surface area contributed by atoms with Gasteiger partial charge in [0.05, 0.1) is 24.0 Å². The number of carbonyl (C=O) groups excluding carboxylic acids is 2. The topological polar surface area (TPSA) is 40.6 Å². The zero-order valence-corrected chi connectivity index (χ0v) is 16.5. The van der Waals surface area contributed by atoms with Crippen LogP contribution in [0.2, 0.25) is 0 Å². The number of carbonyl (C=O) groups is 2. The number of hydrogen-bond donors (Lipinski definition) is 0. The van der Waals surface area contributed by atoms with Crippen LogP contribution >= 0.6 is 22.7 Å². The number of fused-ring (bicyclic) bond motifs is 2. The number of anilines is 1. The summed E-state index contributed by atoms with van der Waals surface area (Å²) in [5, 5.41) is 4.24. The summed E-state index contributed by atoms with van der Waals surface area (Å²) < 4.78 is 0. The normalized spacial score (nSPS) is 19.4. The molecule has 0 saturated carbocycles. The molecule has 2 aromatic heterocycles. The third-order valence-corrected chi connectivity index (χ3v) is 7.25. The number of nitrogens with zero attached hydrogens (tertiary/aromatic N) is 2. The molecule has 0 saturated heterocycles. The van der Waals surface area contributed by atoms with E-state index < -0.39 is 11.7 Å². The first-order valence-electron chi connectivity index (χ1n) is 8.94. The van der Waals surface area contributed by atoms with Gasteiger partial charge in [0.25, 0.3) is 5.78 Å². The molecule has 1 amide bonds. The molecule has 136 valence electrons. The van der Waals surface area contributed by atoms with Crippen LogP contribution in [-0.2, 0) is 11.2 Å². The van der Waals surface area contributed by atoms with E-state index in [-0.39, 0.29) is 6.04 Å². The van der Waals surface area contributed by atoms with Crippen LogP contribution in [0.3, 0.4) is 0 Å². The Morgan fingerprint density at radius 2 is 2.00 bits per heavy atom. The highest BCUT2D eigenvalue weighted by Crippen LogP contribution is 2.40. The molecule has 4 nitrogen and oxygen atoms in total. The van der Waals surface area contributed by atoms with Crippen LogP contribution in [0.1, 0.15) is 37.3 Å². The van der Waals surface area contributed by atoms with E-state index in [2.05, 4.69) is 33.9 Å². The summed E-state index contributed by atoms with van der Waals surface area (Å²) in [6, 6.07) is 12.2. The van der Waals surface area contributed by atoms with Crippen LogP contribution in [0, 0.1) is 6.92 Å². The van der Waals surface area contributed by atoms with Crippen molar-refractivity contribution in [2.24, 2.45) is 0 Å².